The van der Waals surface area contributed by atoms with Crippen molar-refractivity contribution >= 4 is 11.8 Å². The second kappa shape index (κ2) is 4.45. The molecule has 0 aliphatic heterocycles. The number of ether oxygens (including phenoxy) is 1. The lowest BCUT2D eigenvalue weighted by Crippen LogP contribution is -2.26. The zero-order valence-electron chi connectivity index (χ0n) is 8.02. The molecular weight excluding hydrogens is 184 g/mol. The van der Waals surface area contributed by atoms with Gasteiger partial charge in [-0.15, -0.1) is 0 Å². The highest BCUT2D eigenvalue weighted by Crippen LogP contribution is 2.20. The zero-order chi connectivity index (χ0) is 10.6. The van der Waals surface area contributed by atoms with E-state index in [-0.39, 0.29) is 0 Å². The van der Waals surface area contributed by atoms with Crippen molar-refractivity contribution in [1.82, 2.24) is 4.98 Å². The maximum absolute atomic E-state index is 10.6. The Morgan fingerprint density at radius 2 is 2.43 bits per heavy atom. The summed E-state index contributed by atoms with van der Waals surface area (Å²) in [7, 11) is 1.51. The van der Waals surface area contributed by atoms with Crippen LogP contribution in [0.2, 0.25) is 0 Å². The van der Waals surface area contributed by atoms with Gasteiger partial charge in [-0.05, 0) is 19.1 Å². The van der Waals surface area contributed by atoms with E-state index in [1.165, 1.54) is 14.0 Å². The lowest BCUT2D eigenvalue weighted by Gasteiger charge is -2.12. The number of anilines is 1. The van der Waals surface area contributed by atoms with Gasteiger partial charge >= 0.3 is 5.97 Å². The average molecular weight is 196 g/mol. The topological polar surface area (TPSA) is 71.5 Å². The minimum absolute atomic E-state index is 0.435. The van der Waals surface area contributed by atoms with E-state index in [0.717, 1.165) is 0 Å². The van der Waals surface area contributed by atoms with Crippen LogP contribution in [0.3, 0.4) is 0 Å². The van der Waals surface area contributed by atoms with E-state index < -0.39 is 12.0 Å². The molecule has 0 aliphatic carbocycles. The van der Waals surface area contributed by atoms with Gasteiger partial charge in [-0.25, -0.2) is 4.98 Å². The number of rotatable bonds is 4. The number of hydrogen-bond donors (Lipinski definition) is 2. The molecule has 0 bridgehead atoms. The number of nitrogens with one attached hydrogen (secondary N) is 1. The third kappa shape index (κ3) is 2.35. The van der Waals surface area contributed by atoms with Gasteiger partial charge in [0.25, 0.3) is 0 Å². The molecule has 0 aliphatic rings. The number of methoxy groups -OCH3 is 1. The Morgan fingerprint density at radius 1 is 1.71 bits per heavy atom. The van der Waals surface area contributed by atoms with Gasteiger partial charge in [0.05, 0.1) is 7.11 Å². The Bertz CT molecular complexity index is 328. The van der Waals surface area contributed by atoms with Gasteiger partial charge in [0.2, 0.25) is 0 Å². The summed E-state index contributed by atoms with van der Waals surface area (Å²) < 4.78 is 5.01. The Hall–Kier alpha value is -1.78. The first-order valence-corrected chi connectivity index (χ1v) is 4.13. The maximum Gasteiger partial charge on any atom is 0.325 e. The van der Waals surface area contributed by atoms with Crippen molar-refractivity contribution in [3.05, 3.63) is 18.3 Å². The highest BCUT2D eigenvalue weighted by atomic mass is 16.5. The van der Waals surface area contributed by atoms with E-state index in [4.69, 9.17) is 9.84 Å². The predicted octanol–water partition coefficient (Wildman–Crippen LogP) is 0.975. The first kappa shape index (κ1) is 10.3. The molecule has 0 aromatic carbocycles. The molecule has 1 heterocycles. The SMILES string of the molecule is COc1cccnc1NC(C)C(=O)O. The van der Waals surface area contributed by atoms with Crippen molar-refractivity contribution in [1.29, 1.82) is 0 Å². The Balaban J connectivity index is 2.80. The highest BCUT2D eigenvalue weighted by molar-refractivity contribution is 5.76. The molecule has 2 N–H and O–H groups in total. The number of nitrogens with zero attached hydrogens (tertiary/aromatic N) is 1. The molecule has 0 spiro atoms. The van der Waals surface area contributed by atoms with Crippen molar-refractivity contribution in [3.8, 4) is 5.75 Å². The van der Waals surface area contributed by atoms with Crippen LogP contribution in [0.1, 0.15) is 6.92 Å². The first-order chi connectivity index (χ1) is 6.65. The van der Waals surface area contributed by atoms with Crippen LogP contribution in [-0.4, -0.2) is 29.2 Å². The van der Waals surface area contributed by atoms with Crippen LogP contribution < -0.4 is 10.1 Å². The van der Waals surface area contributed by atoms with Gasteiger partial charge < -0.3 is 15.2 Å². The van der Waals surface area contributed by atoms with Crippen LogP contribution in [0.25, 0.3) is 0 Å². The summed E-state index contributed by atoms with van der Waals surface area (Å²) in [5.41, 5.74) is 0. The molecule has 14 heavy (non-hydrogen) atoms. The van der Waals surface area contributed by atoms with Crippen molar-refractivity contribution in [3.63, 3.8) is 0 Å². The van der Waals surface area contributed by atoms with Gasteiger partial charge in [-0.1, -0.05) is 0 Å². The van der Waals surface area contributed by atoms with Crippen LogP contribution in [0, 0.1) is 0 Å². The molecule has 1 rings (SSSR count). The fourth-order valence-corrected chi connectivity index (χ4v) is 0.930. The summed E-state index contributed by atoms with van der Waals surface area (Å²) in [5.74, 6) is 0.0307. The molecule has 0 saturated carbocycles. The molecule has 1 atom stereocenters. The average Bonchev–Trinajstić information content (AvgIpc) is 2.18. The van der Waals surface area contributed by atoms with Gasteiger partial charge in [0.1, 0.15) is 6.04 Å². The minimum atomic E-state index is -0.933. The molecule has 0 radical (unpaired) electrons. The summed E-state index contributed by atoms with van der Waals surface area (Å²) in [6, 6.07) is 2.73. The standard InChI is InChI=1S/C9H12N2O3/c1-6(9(12)13)11-8-7(14-2)4-3-5-10-8/h3-6H,1-2H3,(H,10,11)(H,12,13). The van der Waals surface area contributed by atoms with E-state index in [9.17, 15) is 4.79 Å². The van der Waals surface area contributed by atoms with E-state index in [2.05, 4.69) is 10.3 Å². The van der Waals surface area contributed by atoms with Crippen LogP contribution >= 0.6 is 0 Å². The molecule has 0 saturated heterocycles. The van der Waals surface area contributed by atoms with Crippen molar-refractivity contribution < 1.29 is 14.6 Å². The van der Waals surface area contributed by atoms with Crippen LogP contribution in [-0.2, 0) is 4.79 Å². The summed E-state index contributed by atoms with van der Waals surface area (Å²) >= 11 is 0. The molecule has 5 heteroatoms. The normalized spacial score (nSPS) is 11.9. The molecular formula is C9H12N2O3. The van der Waals surface area contributed by atoms with E-state index >= 15 is 0 Å². The van der Waals surface area contributed by atoms with Crippen molar-refractivity contribution in [2.24, 2.45) is 0 Å². The zero-order valence-corrected chi connectivity index (χ0v) is 8.02. The lowest BCUT2D eigenvalue weighted by atomic mass is 10.3. The number of carboxylic acid groups (broad SMARTS) is 1. The largest absolute Gasteiger partial charge is 0.493 e. The number of hydrogen-bond acceptors (Lipinski definition) is 4. The third-order valence-corrected chi connectivity index (χ3v) is 1.71. The van der Waals surface area contributed by atoms with E-state index in [0.29, 0.717) is 11.6 Å². The van der Waals surface area contributed by atoms with Crippen LogP contribution in [0.4, 0.5) is 5.82 Å². The predicted molar refractivity (Wildman–Crippen MR) is 51.5 cm³/mol. The van der Waals surface area contributed by atoms with E-state index in [1.54, 1.807) is 18.3 Å². The van der Waals surface area contributed by atoms with Gasteiger partial charge in [-0.2, -0.15) is 0 Å². The smallest absolute Gasteiger partial charge is 0.325 e. The van der Waals surface area contributed by atoms with Gasteiger partial charge in [0, 0.05) is 6.20 Å². The first-order valence-electron chi connectivity index (χ1n) is 4.13. The Morgan fingerprint density at radius 3 is 3.00 bits per heavy atom. The van der Waals surface area contributed by atoms with Gasteiger partial charge in [-0.3, -0.25) is 4.79 Å². The number of carboxylic acids is 1. The molecule has 76 valence electrons. The van der Waals surface area contributed by atoms with Crippen LogP contribution in [0.15, 0.2) is 18.3 Å². The van der Waals surface area contributed by atoms with Crippen molar-refractivity contribution in [2.45, 2.75) is 13.0 Å². The number of aromatic nitrogens is 1. The quantitative estimate of drug-likeness (QED) is 0.750. The monoisotopic (exact) mass is 196 g/mol. The molecule has 0 fully saturated rings. The second-order valence-electron chi connectivity index (χ2n) is 2.76. The van der Waals surface area contributed by atoms with Crippen molar-refractivity contribution in [2.75, 3.05) is 12.4 Å². The molecule has 0 amide bonds. The van der Waals surface area contributed by atoms with E-state index in [1.807, 2.05) is 0 Å². The molecule has 1 aromatic heterocycles. The summed E-state index contributed by atoms with van der Waals surface area (Å²) in [6.07, 6.45) is 1.57. The Labute approximate surface area is 81.7 Å². The molecule has 1 aromatic rings. The molecule has 5 nitrogen and oxygen atoms in total. The fraction of sp³-hybridized carbons (Fsp3) is 0.333. The summed E-state index contributed by atoms with van der Waals surface area (Å²) in [5, 5.41) is 11.4. The highest BCUT2D eigenvalue weighted by Gasteiger charge is 2.13. The summed E-state index contributed by atoms with van der Waals surface area (Å²) in [4.78, 5) is 14.5. The Kier molecular flexibility index (Phi) is 3.28. The lowest BCUT2D eigenvalue weighted by molar-refractivity contribution is -0.137. The molecule has 1 unspecified atom stereocenters. The number of pyridine rings is 1. The van der Waals surface area contributed by atoms with Crippen LogP contribution in [0.5, 0.6) is 5.75 Å². The second-order valence-corrected chi connectivity index (χ2v) is 2.76. The number of aliphatic carboxylic acids is 1. The van der Waals surface area contributed by atoms with Gasteiger partial charge in [0.15, 0.2) is 11.6 Å². The summed E-state index contributed by atoms with van der Waals surface area (Å²) in [6.45, 7) is 1.54. The minimum Gasteiger partial charge on any atom is -0.493 e. The maximum atomic E-state index is 10.6. The fourth-order valence-electron chi connectivity index (χ4n) is 0.930. The number of carbonyl (C=O) groups is 1. The third-order valence-electron chi connectivity index (χ3n) is 1.71.